The number of aromatic amines is 1. The smallest absolute Gasteiger partial charge is 0.342 e. The minimum atomic E-state index is -4.46. The molecule has 6 nitrogen and oxygen atoms in total. The molecule has 0 fully saturated rings. The molecule has 1 amide bonds. The van der Waals surface area contributed by atoms with Crippen molar-refractivity contribution in [2.45, 2.75) is 23.4 Å². The Kier molecular flexibility index (Phi) is 4.46. The molecule has 21 heavy (non-hydrogen) atoms. The number of amides is 1. The molecule has 0 bridgehead atoms. The van der Waals surface area contributed by atoms with E-state index in [-0.39, 0.29) is 28.0 Å². The van der Waals surface area contributed by atoms with Crippen molar-refractivity contribution in [3.05, 3.63) is 35.7 Å². The normalized spacial score (nSPS) is 13.0. The van der Waals surface area contributed by atoms with E-state index in [4.69, 9.17) is 0 Å². The lowest BCUT2D eigenvalue weighted by Gasteiger charge is -2.13. The molecule has 10 heteroatoms. The Hall–Kier alpha value is -2.10. The van der Waals surface area contributed by atoms with Crippen LogP contribution >= 0.6 is 11.8 Å². The minimum absolute atomic E-state index is 0.0600. The van der Waals surface area contributed by atoms with E-state index >= 15 is 0 Å². The molecule has 2 rings (SSSR count). The molecule has 0 saturated carbocycles. The average molecular weight is 317 g/mol. The standard InChI is InChI=1S/C11H10F3N5OS/c1-6(9-16-18-19-17-9)15-10(20)7-4-2-3-5-8(7)21-11(12,13)14/h2-6H,1H3,(H,15,20)(H,16,17,18,19). The maximum atomic E-state index is 12.5. The van der Waals surface area contributed by atoms with Crippen molar-refractivity contribution in [3.63, 3.8) is 0 Å². The molecule has 0 saturated heterocycles. The van der Waals surface area contributed by atoms with Gasteiger partial charge in [-0.1, -0.05) is 17.3 Å². The van der Waals surface area contributed by atoms with Gasteiger partial charge < -0.3 is 5.32 Å². The number of hydrogen-bond donors (Lipinski definition) is 2. The maximum absolute atomic E-state index is 12.5. The summed E-state index contributed by atoms with van der Waals surface area (Å²) in [7, 11) is 0. The van der Waals surface area contributed by atoms with Gasteiger partial charge in [0.1, 0.15) is 0 Å². The van der Waals surface area contributed by atoms with Crippen LogP contribution in [0.2, 0.25) is 0 Å². The molecule has 0 aliphatic rings. The molecule has 2 aromatic rings. The number of nitrogens with one attached hydrogen (secondary N) is 2. The largest absolute Gasteiger partial charge is 0.446 e. The molecule has 0 radical (unpaired) electrons. The first-order chi connectivity index (χ1) is 9.87. The second-order valence-corrected chi connectivity index (χ2v) is 5.12. The molecule has 1 heterocycles. The van der Waals surface area contributed by atoms with Crippen molar-refractivity contribution in [1.29, 1.82) is 0 Å². The Labute approximate surface area is 121 Å². The molecular formula is C11H10F3N5OS. The summed E-state index contributed by atoms with van der Waals surface area (Å²) in [5, 5.41) is 15.5. The van der Waals surface area contributed by atoms with Gasteiger partial charge >= 0.3 is 5.51 Å². The fraction of sp³-hybridized carbons (Fsp3) is 0.273. The fourth-order valence-electron chi connectivity index (χ4n) is 1.56. The second-order valence-electron chi connectivity index (χ2n) is 4.01. The van der Waals surface area contributed by atoms with Crippen LogP contribution in [0.5, 0.6) is 0 Å². The predicted molar refractivity (Wildman–Crippen MR) is 68.4 cm³/mol. The summed E-state index contributed by atoms with van der Waals surface area (Å²) < 4.78 is 37.4. The van der Waals surface area contributed by atoms with Gasteiger partial charge in [-0.25, -0.2) is 0 Å². The highest BCUT2D eigenvalue weighted by atomic mass is 32.2. The van der Waals surface area contributed by atoms with E-state index in [9.17, 15) is 18.0 Å². The second kappa shape index (κ2) is 6.12. The fourth-order valence-corrected chi connectivity index (χ4v) is 2.23. The Morgan fingerprint density at radius 2 is 2.10 bits per heavy atom. The number of aromatic nitrogens is 4. The summed E-state index contributed by atoms with van der Waals surface area (Å²) >= 11 is -0.330. The first-order valence-corrected chi connectivity index (χ1v) is 6.57. The summed E-state index contributed by atoms with van der Waals surface area (Å²) in [6.45, 7) is 1.60. The van der Waals surface area contributed by atoms with Gasteiger partial charge in [0.15, 0.2) is 5.82 Å². The molecule has 1 aromatic heterocycles. The number of rotatable bonds is 4. The maximum Gasteiger partial charge on any atom is 0.446 e. The number of benzene rings is 1. The summed E-state index contributed by atoms with van der Waals surface area (Å²) in [5.74, 6) is -0.399. The molecule has 0 spiro atoms. The van der Waals surface area contributed by atoms with Crippen molar-refractivity contribution in [2.75, 3.05) is 0 Å². The number of nitrogens with zero attached hydrogens (tertiary/aromatic N) is 3. The highest BCUT2D eigenvalue weighted by molar-refractivity contribution is 8.00. The summed E-state index contributed by atoms with van der Waals surface area (Å²) in [4.78, 5) is 11.9. The van der Waals surface area contributed by atoms with Crippen LogP contribution in [0.25, 0.3) is 0 Å². The minimum Gasteiger partial charge on any atom is -0.342 e. The molecule has 1 unspecified atom stereocenters. The van der Waals surface area contributed by atoms with Crippen LogP contribution in [0.15, 0.2) is 29.2 Å². The van der Waals surface area contributed by atoms with Gasteiger partial charge in [-0.05, 0) is 30.8 Å². The van der Waals surface area contributed by atoms with Crippen molar-refractivity contribution >= 4 is 17.7 Å². The van der Waals surface area contributed by atoms with Crippen molar-refractivity contribution in [3.8, 4) is 0 Å². The first-order valence-electron chi connectivity index (χ1n) is 5.76. The van der Waals surface area contributed by atoms with Crippen LogP contribution in [-0.2, 0) is 0 Å². The average Bonchev–Trinajstić information content (AvgIpc) is 2.91. The van der Waals surface area contributed by atoms with Crippen LogP contribution in [0, 0.1) is 0 Å². The molecular weight excluding hydrogens is 307 g/mol. The van der Waals surface area contributed by atoms with Crippen LogP contribution in [0.3, 0.4) is 0 Å². The summed E-state index contributed by atoms with van der Waals surface area (Å²) in [6.07, 6.45) is 0. The lowest BCUT2D eigenvalue weighted by molar-refractivity contribution is -0.0328. The van der Waals surface area contributed by atoms with E-state index in [0.29, 0.717) is 0 Å². The van der Waals surface area contributed by atoms with Gasteiger partial charge in [0.25, 0.3) is 5.91 Å². The number of carbonyl (C=O) groups is 1. The third-order valence-electron chi connectivity index (χ3n) is 2.45. The number of thioether (sulfide) groups is 1. The zero-order chi connectivity index (χ0) is 15.5. The number of tetrazole rings is 1. The van der Waals surface area contributed by atoms with Gasteiger partial charge in [0, 0.05) is 4.90 Å². The summed E-state index contributed by atoms with van der Waals surface area (Å²) in [6, 6.07) is 4.92. The van der Waals surface area contributed by atoms with Crippen LogP contribution in [-0.4, -0.2) is 32.0 Å². The number of alkyl halides is 3. The quantitative estimate of drug-likeness (QED) is 0.845. The zero-order valence-corrected chi connectivity index (χ0v) is 11.5. The van der Waals surface area contributed by atoms with E-state index in [1.54, 1.807) is 6.92 Å². The Morgan fingerprint density at radius 3 is 2.71 bits per heavy atom. The Balaban J connectivity index is 2.16. The molecule has 0 aliphatic carbocycles. The number of carbonyl (C=O) groups excluding carboxylic acids is 1. The molecule has 1 atom stereocenters. The summed E-state index contributed by atoms with van der Waals surface area (Å²) in [5.41, 5.74) is -4.52. The Bertz CT molecular complexity index is 617. The first kappa shape index (κ1) is 15.3. The number of H-pyrrole nitrogens is 1. The van der Waals surface area contributed by atoms with Gasteiger partial charge in [0.05, 0.1) is 11.6 Å². The SMILES string of the molecule is CC(NC(=O)c1ccccc1SC(F)(F)F)c1nn[nH]n1. The zero-order valence-electron chi connectivity index (χ0n) is 10.7. The number of halogens is 3. The Morgan fingerprint density at radius 1 is 1.38 bits per heavy atom. The van der Waals surface area contributed by atoms with Crippen molar-refractivity contribution in [1.82, 2.24) is 25.9 Å². The topological polar surface area (TPSA) is 83.6 Å². The van der Waals surface area contributed by atoms with Gasteiger partial charge in [-0.3, -0.25) is 4.79 Å². The van der Waals surface area contributed by atoms with E-state index in [1.807, 2.05) is 0 Å². The third-order valence-corrected chi connectivity index (χ3v) is 3.26. The van der Waals surface area contributed by atoms with Crippen LogP contribution in [0.1, 0.15) is 29.1 Å². The lowest BCUT2D eigenvalue weighted by Crippen LogP contribution is -2.28. The van der Waals surface area contributed by atoms with E-state index in [0.717, 1.165) is 0 Å². The molecule has 0 aliphatic heterocycles. The van der Waals surface area contributed by atoms with E-state index in [1.165, 1.54) is 24.3 Å². The number of hydrogen-bond acceptors (Lipinski definition) is 5. The molecule has 1 aromatic carbocycles. The molecule has 2 N–H and O–H groups in total. The van der Waals surface area contributed by atoms with Gasteiger partial charge in [-0.15, -0.1) is 10.2 Å². The predicted octanol–water partition coefficient (Wildman–Crippen LogP) is 2.30. The van der Waals surface area contributed by atoms with Crippen molar-refractivity contribution < 1.29 is 18.0 Å². The van der Waals surface area contributed by atoms with E-state index < -0.39 is 17.5 Å². The highest BCUT2D eigenvalue weighted by Crippen LogP contribution is 2.38. The monoisotopic (exact) mass is 317 g/mol. The third kappa shape index (κ3) is 4.18. The van der Waals surface area contributed by atoms with Crippen molar-refractivity contribution in [2.24, 2.45) is 0 Å². The highest BCUT2D eigenvalue weighted by Gasteiger charge is 2.31. The van der Waals surface area contributed by atoms with Crippen LogP contribution < -0.4 is 5.32 Å². The lowest BCUT2D eigenvalue weighted by atomic mass is 10.2. The molecule has 112 valence electrons. The van der Waals surface area contributed by atoms with Crippen LogP contribution in [0.4, 0.5) is 13.2 Å². The van der Waals surface area contributed by atoms with Gasteiger partial charge in [0.2, 0.25) is 0 Å². The van der Waals surface area contributed by atoms with E-state index in [2.05, 4.69) is 25.9 Å². The van der Waals surface area contributed by atoms with Gasteiger partial charge in [-0.2, -0.15) is 18.4 Å².